The second-order valence-electron chi connectivity index (χ2n) is 9.03. The molecule has 4 heteroatoms. The molecule has 0 aromatic heterocycles. The fourth-order valence-electron chi connectivity index (χ4n) is 3.89. The normalized spacial score (nSPS) is 28.8. The zero-order valence-corrected chi connectivity index (χ0v) is 17.3. The maximum atomic E-state index is 6.02. The number of hydrogen-bond acceptors (Lipinski definition) is 3. The van der Waals surface area contributed by atoms with E-state index in [1.54, 1.807) is 0 Å². The van der Waals surface area contributed by atoms with Crippen LogP contribution in [0.25, 0.3) is 6.08 Å². The molecule has 2 unspecified atom stereocenters. The Morgan fingerprint density at radius 3 is 2.08 bits per heavy atom. The second-order valence-corrected chi connectivity index (χ2v) is 9.03. The van der Waals surface area contributed by atoms with Crippen LogP contribution in [0.15, 0.2) is 30.2 Å². The van der Waals surface area contributed by atoms with Crippen molar-refractivity contribution in [2.24, 2.45) is 0 Å². The van der Waals surface area contributed by atoms with Gasteiger partial charge in [0.15, 0.2) is 0 Å². The molecule has 0 saturated carbocycles. The Labute approximate surface area is 159 Å². The SMILES string of the molecule is CC1CCCC(C)N1Cc1ccc(C=CB2OC(C)(C)C(C)(C)O2)cc1. The first-order valence-corrected chi connectivity index (χ1v) is 10.1. The number of hydrogen-bond donors (Lipinski definition) is 0. The molecule has 3 nitrogen and oxygen atoms in total. The van der Waals surface area contributed by atoms with Crippen molar-refractivity contribution in [3.8, 4) is 0 Å². The lowest BCUT2D eigenvalue weighted by molar-refractivity contribution is 0.00578. The molecule has 26 heavy (non-hydrogen) atoms. The molecule has 1 aromatic rings. The maximum Gasteiger partial charge on any atom is 0.487 e. The summed E-state index contributed by atoms with van der Waals surface area (Å²) in [6.07, 6.45) is 6.10. The van der Waals surface area contributed by atoms with E-state index in [1.165, 1.54) is 30.4 Å². The first kappa shape index (κ1) is 19.7. The van der Waals surface area contributed by atoms with E-state index < -0.39 is 0 Å². The molecule has 2 aliphatic rings. The van der Waals surface area contributed by atoms with Crippen molar-refractivity contribution < 1.29 is 9.31 Å². The minimum Gasteiger partial charge on any atom is -0.400 e. The molecule has 0 radical (unpaired) electrons. The standard InChI is InChI=1S/C22H34BNO2/c1-17-8-7-9-18(2)24(17)16-20-12-10-19(11-13-20)14-15-23-25-21(3,4)22(5,6)26-23/h10-15,17-18H,7-9,16H2,1-6H3. The van der Waals surface area contributed by atoms with E-state index in [9.17, 15) is 0 Å². The minimum absolute atomic E-state index is 0.283. The predicted octanol–water partition coefficient (Wildman–Crippen LogP) is 5.09. The third-order valence-electron chi connectivity index (χ3n) is 6.44. The molecule has 2 heterocycles. The number of benzene rings is 1. The van der Waals surface area contributed by atoms with E-state index in [2.05, 4.69) is 76.8 Å². The second kappa shape index (κ2) is 7.50. The summed E-state index contributed by atoms with van der Waals surface area (Å²) in [5, 5.41) is 0. The molecule has 1 aromatic carbocycles. The van der Waals surface area contributed by atoms with Crippen molar-refractivity contribution >= 4 is 13.2 Å². The summed E-state index contributed by atoms with van der Waals surface area (Å²) in [4.78, 5) is 2.64. The minimum atomic E-state index is -0.284. The molecular formula is C22H34BNO2. The number of piperidine rings is 1. The molecule has 0 bridgehead atoms. The van der Waals surface area contributed by atoms with E-state index in [-0.39, 0.29) is 18.3 Å². The van der Waals surface area contributed by atoms with Gasteiger partial charge >= 0.3 is 7.12 Å². The fourth-order valence-corrected chi connectivity index (χ4v) is 3.89. The predicted molar refractivity (Wildman–Crippen MR) is 110 cm³/mol. The van der Waals surface area contributed by atoms with Gasteiger partial charge in [-0.15, -0.1) is 0 Å². The van der Waals surface area contributed by atoms with Crippen molar-refractivity contribution in [2.45, 2.75) is 90.6 Å². The first-order valence-electron chi connectivity index (χ1n) is 10.1. The Morgan fingerprint density at radius 2 is 1.54 bits per heavy atom. The van der Waals surface area contributed by atoms with Crippen LogP contribution in [0, 0.1) is 0 Å². The summed E-state index contributed by atoms with van der Waals surface area (Å²) >= 11 is 0. The summed E-state index contributed by atoms with van der Waals surface area (Å²) in [5.41, 5.74) is 2.00. The lowest BCUT2D eigenvalue weighted by Crippen LogP contribution is -2.42. The van der Waals surface area contributed by atoms with Gasteiger partial charge in [0, 0.05) is 18.6 Å². The van der Waals surface area contributed by atoms with Crippen molar-refractivity contribution in [1.82, 2.24) is 4.90 Å². The Bertz CT molecular complexity index is 612. The average Bonchev–Trinajstić information content (AvgIpc) is 2.77. The van der Waals surface area contributed by atoms with Gasteiger partial charge in [-0.1, -0.05) is 42.7 Å². The third kappa shape index (κ3) is 4.24. The average molecular weight is 355 g/mol. The molecule has 0 spiro atoms. The van der Waals surface area contributed by atoms with Crippen LogP contribution in [0.1, 0.15) is 71.9 Å². The molecular weight excluding hydrogens is 321 g/mol. The fraction of sp³-hybridized carbons (Fsp3) is 0.636. The van der Waals surface area contributed by atoms with Gasteiger partial charge in [-0.05, 0) is 65.5 Å². The van der Waals surface area contributed by atoms with Gasteiger partial charge in [0.1, 0.15) is 0 Å². The van der Waals surface area contributed by atoms with Crippen LogP contribution in [0.4, 0.5) is 0 Å². The van der Waals surface area contributed by atoms with E-state index in [4.69, 9.17) is 9.31 Å². The van der Waals surface area contributed by atoms with E-state index in [0.717, 1.165) is 6.54 Å². The van der Waals surface area contributed by atoms with Gasteiger partial charge in [0.05, 0.1) is 11.2 Å². The smallest absolute Gasteiger partial charge is 0.400 e. The van der Waals surface area contributed by atoms with Crippen LogP contribution >= 0.6 is 0 Å². The van der Waals surface area contributed by atoms with Gasteiger partial charge in [-0.2, -0.15) is 0 Å². The van der Waals surface area contributed by atoms with Gasteiger partial charge in [-0.25, -0.2) is 0 Å². The van der Waals surface area contributed by atoms with Gasteiger partial charge in [-0.3, -0.25) is 4.90 Å². The first-order chi connectivity index (χ1) is 12.2. The monoisotopic (exact) mass is 355 g/mol. The van der Waals surface area contributed by atoms with Crippen LogP contribution in [0.3, 0.4) is 0 Å². The third-order valence-corrected chi connectivity index (χ3v) is 6.44. The van der Waals surface area contributed by atoms with Crippen molar-refractivity contribution in [3.63, 3.8) is 0 Å². The van der Waals surface area contributed by atoms with Crippen molar-refractivity contribution in [3.05, 3.63) is 41.4 Å². The number of likely N-dealkylation sites (tertiary alicyclic amines) is 1. The summed E-state index contributed by atoms with van der Waals surface area (Å²) in [6.45, 7) is 14.1. The quantitative estimate of drug-likeness (QED) is 0.702. The Kier molecular flexibility index (Phi) is 5.67. The highest BCUT2D eigenvalue weighted by atomic mass is 16.7. The highest BCUT2D eigenvalue weighted by Gasteiger charge is 2.49. The summed E-state index contributed by atoms with van der Waals surface area (Å²) in [5.74, 6) is 2.01. The Hall–Kier alpha value is -1.10. The summed E-state index contributed by atoms with van der Waals surface area (Å²) in [7, 11) is -0.283. The highest BCUT2D eigenvalue weighted by Crippen LogP contribution is 2.37. The number of nitrogens with zero attached hydrogens (tertiary/aromatic N) is 1. The Balaban J connectivity index is 1.60. The molecule has 142 valence electrons. The molecule has 0 N–H and O–H groups in total. The molecule has 0 aliphatic carbocycles. The molecule has 2 fully saturated rings. The topological polar surface area (TPSA) is 21.7 Å². The van der Waals surface area contributed by atoms with Gasteiger partial charge in [0.2, 0.25) is 0 Å². The van der Waals surface area contributed by atoms with Crippen molar-refractivity contribution in [1.29, 1.82) is 0 Å². The van der Waals surface area contributed by atoms with E-state index in [0.29, 0.717) is 12.1 Å². The molecule has 3 rings (SSSR count). The largest absolute Gasteiger partial charge is 0.487 e. The van der Waals surface area contributed by atoms with Gasteiger partial charge < -0.3 is 9.31 Å². The summed E-state index contributed by atoms with van der Waals surface area (Å²) < 4.78 is 12.0. The zero-order chi connectivity index (χ0) is 18.9. The Morgan fingerprint density at radius 1 is 1.00 bits per heavy atom. The molecule has 2 saturated heterocycles. The van der Waals surface area contributed by atoms with Crippen LogP contribution in [-0.2, 0) is 15.9 Å². The lowest BCUT2D eigenvalue weighted by atomic mass is 9.89. The summed E-state index contributed by atoms with van der Waals surface area (Å²) in [6, 6.07) is 10.2. The molecule has 0 amide bonds. The maximum absolute atomic E-state index is 6.02. The van der Waals surface area contributed by atoms with Gasteiger partial charge in [0.25, 0.3) is 0 Å². The zero-order valence-electron chi connectivity index (χ0n) is 17.3. The number of rotatable bonds is 4. The van der Waals surface area contributed by atoms with Crippen LogP contribution in [-0.4, -0.2) is 35.3 Å². The highest BCUT2D eigenvalue weighted by molar-refractivity contribution is 6.52. The van der Waals surface area contributed by atoms with E-state index >= 15 is 0 Å². The van der Waals surface area contributed by atoms with Crippen LogP contribution in [0.5, 0.6) is 0 Å². The van der Waals surface area contributed by atoms with E-state index in [1.807, 2.05) is 5.98 Å². The molecule has 2 aliphatic heterocycles. The lowest BCUT2D eigenvalue weighted by Gasteiger charge is -2.39. The van der Waals surface area contributed by atoms with Crippen LogP contribution in [0.2, 0.25) is 0 Å². The van der Waals surface area contributed by atoms with Crippen LogP contribution < -0.4 is 0 Å². The molecule has 2 atom stereocenters. The van der Waals surface area contributed by atoms with Crippen molar-refractivity contribution in [2.75, 3.05) is 0 Å².